The minimum absolute atomic E-state index is 0.171. The Morgan fingerprint density at radius 2 is 1.58 bits per heavy atom. The summed E-state index contributed by atoms with van der Waals surface area (Å²) in [6.07, 6.45) is 0.965. The molecule has 1 aliphatic rings. The second-order valence-electron chi connectivity index (χ2n) is 7.23. The Labute approximate surface area is 183 Å². The highest BCUT2D eigenvalue weighted by atomic mass is 16.5. The molecule has 7 heteroatoms. The third kappa shape index (κ3) is 5.55. The van der Waals surface area contributed by atoms with E-state index in [9.17, 15) is 9.59 Å². The zero-order chi connectivity index (χ0) is 22.2. The van der Waals surface area contributed by atoms with Crippen LogP contribution in [0.4, 0.5) is 5.69 Å². The average Bonchev–Trinajstić information content (AvgIpc) is 3.04. The SMILES string of the molecule is CCOc1ccc(N2C(=O)C[C@H]([NH2+]CCc3ccc(OCC)c(OCC)c3)C2=O)cc1. The summed E-state index contributed by atoms with van der Waals surface area (Å²) in [6, 6.07) is 12.6. The maximum atomic E-state index is 12.8. The van der Waals surface area contributed by atoms with Crippen LogP contribution in [0, 0.1) is 0 Å². The van der Waals surface area contributed by atoms with Gasteiger partial charge in [-0.05, 0) is 62.7 Å². The molecule has 7 nitrogen and oxygen atoms in total. The molecule has 0 spiro atoms. The van der Waals surface area contributed by atoms with Crippen molar-refractivity contribution in [3.05, 3.63) is 48.0 Å². The molecule has 1 fully saturated rings. The predicted molar refractivity (Wildman–Crippen MR) is 118 cm³/mol. The van der Waals surface area contributed by atoms with Gasteiger partial charge in [0.25, 0.3) is 5.91 Å². The molecule has 1 atom stereocenters. The van der Waals surface area contributed by atoms with Gasteiger partial charge in [0, 0.05) is 6.42 Å². The fraction of sp³-hybridized carbons (Fsp3) is 0.417. The van der Waals surface area contributed by atoms with E-state index in [1.54, 1.807) is 24.3 Å². The highest BCUT2D eigenvalue weighted by Gasteiger charge is 2.42. The Morgan fingerprint density at radius 3 is 2.26 bits per heavy atom. The second kappa shape index (κ2) is 10.8. The Morgan fingerprint density at radius 1 is 0.903 bits per heavy atom. The van der Waals surface area contributed by atoms with Gasteiger partial charge in [-0.25, -0.2) is 4.90 Å². The summed E-state index contributed by atoms with van der Waals surface area (Å²) >= 11 is 0. The number of hydrogen-bond donors (Lipinski definition) is 1. The first-order valence-electron chi connectivity index (χ1n) is 10.9. The molecular formula is C24H31N2O5+. The molecule has 0 saturated carbocycles. The molecule has 1 saturated heterocycles. The smallest absolute Gasteiger partial charge is 0.292 e. The fourth-order valence-corrected chi connectivity index (χ4v) is 3.67. The molecule has 0 bridgehead atoms. The van der Waals surface area contributed by atoms with Gasteiger partial charge in [-0.2, -0.15) is 0 Å². The van der Waals surface area contributed by atoms with E-state index in [-0.39, 0.29) is 18.2 Å². The standard InChI is InChI=1S/C24H30N2O5/c1-4-29-19-10-8-18(9-11-19)26-23(27)16-20(24(26)28)25-14-13-17-7-12-21(30-5-2)22(15-17)31-6-3/h7-12,15,20,25H,4-6,13-14,16H2,1-3H3/p+1/t20-/m0/s1. The van der Waals surface area contributed by atoms with Gasteiger partial charge in [-0.1, -0.05) is 6.07 Å². The maximum Gasteiger partial charge on any atom is 0.292 e. The molecule has 0 unspecified atom stereocenters. The minimum atomic E-state index is -0.395. The van der Waals surface area contributed by atoms with Gasteiger partial charge in [-0.15, -0.1) is 0 Å². The molecule has 0 aliphatic carbocycles. The number of amides is 2. The largest absolute Gasteiger partial charge is 0.494 e. The molecule has 0 aromatic heterocycles. The first-order chi connectivity index (χ1) is 15.1. The lowest BCUT2D eigenvalue weighted by Crippen LogP contribution is -2.92. The molecule has 0 radical (unpaired) electrons. The van der Waals surface area contributed by atoms with E-state index in [1.807, 2.05) is 44.3 Å². The summed E-state index contributed by atoms with van der Waals surface area (Å²) in [5.74, 6) is 1.84. The van der Waals surface area contributed by atoms with Gasteiger partial charge in [-0.3, -0.25) is 9.59 Å². The maximum absolute atomic E-state index is 12.8. The molecule has 166 valence electrons. The summed E-state index contributed by atoms with van der Waals surface area (Å²) in [5, 5.41) is 1.95. The van der Waals surface area contributed by atoms with Crippen molar-refractivity contribution in [2.45, 2.75) is 39.7 Å². The zero-order valence-electron chi connectivity index (χ0n) is 18.4. The number of quaternary nitrogens is 1. The van der Waals surface area contributed by atoms with E-state index in [1.165, 1.54) is 4.90 Å². The van der Waals surface area contributed by atoms with Crippen molar-refractivity contribution in [2.24, 2.45) is 0 Å². The van der Waals surface area contributed by atoms with E-state index in [0.29, 0.717) is 32.1 Å². The molecule has 3 rings (SSSR count). The van der Waals surface area contributed by atoms with Crippen molar-refractivity contribution in [1.82, 2.24) is 0 Å². The molecule has 2 N–H and O–H groups in total. The number of imide groups is 1. The van der Waals surface area contributed by atoms with Gasteiger partial charge in [0.2, 0.25) is 5.91 Å². The normalized spacial score (nSPS) is 16.0. The molecule has 2 aromatic rings. The van der Waals surface area contributed by atoms with Crippen LogP contribution in [0.15, 0.2) is 42.5 Å². The van der Waals surface area contributed by atoms with Crippen molar-refractivity contribution >= 4 is 17.5 Å². The zero-order valence-corrected chi connectivity index (χ0v) is 18.4. The number of ether oxygens (including phenoxy) is 3. The van der Waals surface area contributed by atoms with Crippen molar-refractivity contribution in [3.8, 4) is 17.2 Å². The van der Waals surface area contributed by atoms with Crippen LogP contribution in [0.3, 0.4) is 0 Å². The van der Waals surface area contributed by atoms with Gasteiger partial charge in [0.05, 0.1) is 38.5 Å². The Hall–Kier alpha value is -3.06. The quantitative estimate of drug-likeness (QED) is 0.557. The predicted octanol–water partition coefficient (Wildman–Crippen LogP) is 2.32. The number of rotatable bonds is 11. The van der Waals surface area contributed by atoms with E-state index in [4.69, 9.17) is 14.2 Å². The van der Waals surface area contributed by atoms with E-state index < -0.39 is 6.04 Å². The second-order valence-corrected chi connectivity index (χ2v) is 7.23. The number of anilines is 1. The summed E-state index contributed by atoms with van der Waals surface area (Å²) in [4.78, 5) is 26.6. The average molecular weight is 428 g/mol. The molecule has 1 heterocycles. The highest BCUT2D eigenvalue weighted by Crippen LogP contribution is 2.28. The Balaban J connectivity index is 1.58. The third-order valence-electron chi connectivity index (χ3n) is 5.08. The van der Waals surface area contributed by atoms with Gasteiger partial charge >= 0.3 is 0 Å². The first kappa shape index (κ1) is 22.6. The lowest BCUT2D eigenvalue weighted by atomic mass is 10.1. The number of carbonyl (C=O) groups is 2. The van der Waals surface area contributed by atoms with Crippen LogP contribution in [0.5, 0.6) is 17.2 Å². The van der Waals surface area contributed by atoms with Crippen LogP contribution in [-0.4, -0.2) is 44.2 Å². The molecular weight excluding hydrogens is 396 g/mol. The summed E-state index contributed by atoms with van der Waals surface area (Å²) in [7, 11) is 0. The van der Waals surface area contributed by atoms with Crippen molar-refractivity contribution in [3.63, 3.8) is 0 Å². The van der Waals surface area contributed by atoms with Gasteiger partial charge < -0.3 is 19.5 Å². The van der Waals surface area contributed by atoms with Crippen LogP contribution in [-0.2, 0) is 16.0 Å². The number of nitrogens with zero attached hydrogens (tertiary/aromatic N) is 1. The van der Waals surface area contributed by atoms with Crippen LogP contribution in [0.2, 0.25) is 0 Å². The van der Waals surface area contributed by atoms with Gasteiger partial charge in [0.1, 0.15) is 5.75 Å². The lowest BCUT2D eigenvalue weighted by Gasteiger charge is -2.15. The molecule has 2 aromatic carbocycles. The fourth-order valence-electron chi connectivity index (χ4n) is 3.67. The van der Waals surface area contributed by atoms with Crippen LogP contribution >= 0.6 is 0 Å². The van der Waals surface area contributed by atoms with E-state index >= 15 is 0 Å². The topological polar surface area (TPSA) is 81.7 Å². The van der Waals surface area contributed by atoms with Crippen LogP contribution in [0.25, 0.3) is 0 Å². The number of carbonyl (C=O) groups excluding carboxylic acids is 2. The highest BCUT2D eigenvalue weighted by molar-refractivity contribution is 6.21. The Kier molecular flexibility index (Phi) is 7.89. The molecule has 2 amide bonds. The Bertz CT molecular complexity index is 897. The van der Waals surface area contributed by atoms with Crippen LogP contribution in [0.1, 0.15) is 32.8 Å². The summed E-state index contributed by atoms with van der Waals surface area (Å²) < 4.78 is 16.7. The van der Waals surface area contributed by atoms with Crippen LogP contribution < -0.4 is 24.4 Å². The third-order valence-corrected chi connectivity index (χ3v) is 5.08. The van der Waals surface area contributed by atoms with Crippen molar-refractivity contribution in [1.29, 1.82) is 0 Å². The monoisotopic (exact) mass is 427 g/mol. The van der Waals surface area contributed by atoms with E-state index in [0.717, 1.165) is 29.2 Å². The number of hydrogen-bond acceptors (Lipinski definition) is 5. The molecule has 31 heavy (non-hydrogen) atoms. The number of nitrogens with two attached hydrogens (primary N) is 1. The van der Waals surface area contributed by atoms with Crippen molar-refractivity contribution in [2.75, 3.05) is 31.3 Å². The lowest BCUT2D eigenvalue weighted by molar-refractivity contribution is -0.674. The van der Waals surface area contributed by atoms with Crippen molar-refractivity contribution < 1.29 is 29.1 Å². The number of benzene rings is 2. The molecule has 1 aliphatic heterocycles. The summed E-state index contributed by atoms with van der Waals surface area (Å²) in [5.41, 5.74) is 1.69. The van der Waals surface area contributed by atoms with Gasteiger partial charge in [0.15, 0.2) is 17.5 Å². The minimum Gasteiger partial charge on any atom is -0.494 e. The van der Waals surface area contributed by atoms with E-state index in [2.05, 4.69) is 0 Å². The first-order valence-corrected chi connectivity index (χ1v) is 10.9. The summed E-state index contributed by atoms with van der Waals surface area (Å²) in [6.45, 7) is 8.20.